The van der Waals surface area contributed by atoms with Crippen molar-refractivity contribution >= 4 is 23.6 Å². The standard InChI is InChI=1S/C27H36N4O5/c1-18(2)14-23(30-27(35)36-17-19-8-4-3-5-9-19)24(32)15-20-10-6-11-21-16-29-31-22(21)12-7-13-28-26(34)25(20)33/h3-5,8-9,16,18,20,23H,6-7,10-15,17H2,1-2H3,(H,28,34)(H,29,31)(H,30,35). The Morgan fingerprint density at radius 2 is 1.92 bits per heavy atom. The van der Waals surface area contributed by atoms with Crippen molar-refractivity contribution in [2.75, 3.05) is 6.54 Å². The number of rotatable bonds is 8. The van der Waals surface area contributed by atoms with E-state index < -0.39 is 29.7 Å². The molecule has 1 aromatic heterocycles. The van der Waals surface area contributed by atoms with E-state index in [1.807, 2.05) is 44.2 Å². The van der Waals surface area contributed by atoms with Gasteiger partial charge in [0.15, 0.2) is 5.78 Å². The summed E-state index contributed by atoms with van der Waals surface area (Å²) in [6.45, 7) is 4.36. The summed E-state index contributed by atoms with van der Waals surface area (Å²) in [5.41, 5.74) is 2.98. The van der Waals surface area contributed by atoms with Crippen LogP contribution in [-0.2, 0) is 38.6 Å². The lowest BCUT2D eigenvalue weighted by Crippen LogP contribution is -2.44. The van der Waals surface area contributed by atoms with Crippen LogP contribution in [0.4, 0.5) is 4.79 Å². The number of benzene rings is 1. The molecule has 0 saturated heterocycles. The number of carbonyl (C=O) groups excluding carboxylic acids is 4. The fourth-order valence-electron chi connectivity index (χ4n) is 4.41. The number of ether oxygens (including phenoxy) is 1. The van der Waals surface area contributed by atoms with Crippen LogP contribution in [0.1, 0.15) is 62.8 Å². The van der Waals surface area contributed by atoms with Crippen LogP contribution in [0, 0.1) is 11.8 Å². The van der Waals surface area contributed by atoms with Gasteiger partial charge in [0.25, 0.3) is 5.91 Å². The fraction of sp³-hybridized carbons (Fsp3) is 0.519. The van der Waals surface area contributed by atoms with E-state index in [2.05, 4.69) is 20.8 Å². The summed E-state index contributed by atoms with van der Waals surface area (Å²) < 4.78 is 5.29. The molecule has 0 bridgehead atoms. The maximum absolute atomic E-state index is 13.3. The van der Waals surface area contributed by atoms with Gasteiger partial charge >= 0.3 is 6.09 Å². The molecule has 36 heavy (non-hydrogen) atoms. The zero-order chi connectivity index (χ0) is 25.9. The molecule has 0 fully saturated rings. The Balaban J connectivity index is 1.64. The third-order valence-corrected chi connectivity index (χ3v) is 6.34. The molecule has 9 nitrogen and oxygen atoms in total. The monoisotopic (exact) mass is 496 g/mol. The third kappa shape index (κ3) is 8.32. The predicted octanol–water partition coefficient (Wildman–Crippen LogP) is 3.28. The smallest absolute Gasteiger partial charge is 0.408 e. The molecule has 0 saturated carbocycles. The molecular weight excluding hydrogens is 460 g/mol. The second-order valence-corrected chi connectivity index (χ2v) is 9.75. The second-order valence-electron chi connectivity index (χ2n) is 9.75. The van der Waals surface area contributed by atoms with Gasteiger partial charge in [-0.15, -0.1) is 0 Å². The fourth-order valence-corrected chi connectivity index (χ4v) is 4.41. The summed E-state index contributed by atoms with van der Waals surface area (Å²) in [5, 5.41) is 12.5. The molecule has 1 aromatic carbocycles. The van der Waals surface area contributed by atoms with Crippen LogP contribution < -0.4 is 10.6 Å². The first-order valence-electron chi connectivity index (χ1n) is 12.7. The predicted molar refractivity (Wildman–Crippen MR) is 134 cm³/mol. The molecule has 2 atom stereocenters. The normalized spacial score (nSPS) is 17.8. The average Bonchev–Trinajstić information content (AvgIpc) is 3.30. The van der Waals surface area contributed by atoms with E-state index in [9.17, 15) is 19.2 Å². The maximum Gasteiger partial charge on any atom is 0.408 e. The van der Waals surface area contributed by atoms with Crippen LogP contribution in [0.25, 0.3) is 0 Å². The van der Waals surface area contributed by atoms with Crippen molar-refractivity contribution in [1.29, 1.82) is 0 Å². The van der Waals surface area contributed by atoms with E-state index in [1.54, 1.807) is 6.20 Å². The van der Waals surface area contributed by atoms with Gasteiger partial charge in [0.1, 0.15) is 6.61 Å². The largest absolute Gasteiger partial charge is 0.445 e. The highest BCUT2D eigenvalue weighted by Crippen LogP contribution is 2.20. The molecule has 2 aromatic rings. The molecule has 0 aliphatic carbocycles. The summed E-state index contributed by atoms with van der Waals surface area (Å²) in [5.74, 6) is -2.13. The highest BCUT2D eigenvalue weighted by Gasteiger charge is 2.31. The highest BCUT2D eigenvalue weighted by molar-refractivity contribution is 6.37. The number of carbonyl (C=O) groups is 4. The Labute approximate surface area is 211 Å². The zero-order valence-corrected chi connectivity index (χ0v) is 21.0. The van der Waals surface area contributed by atoms with Crippen molar-refractivity contribution in [3.05, 3.63) is 53.3 Å². The lowest BCUT2D eigenvalue weighted by molar-refractivity contribution is -0.141. The van der Waals surface area contributed by atoms with Crippen LogP contribution in [0.15, 0.2) is 36.5 Å². The number of alkyl carbamates (subject to hydrolysis) is 1. The van der Waals surface area contributed by atoms with E-state index in [0.29, 0.717) is 38.6 Å². The minimum Gasteiger partial charge on any atom is -0.445 e. The molecule has 3 rings (SSSR count). The van der Waals surface area contributed by atoms with Crippen molar-refractivity contribution in [2.45, 2.75) is 71.4 Å². The molecule has 1 aliphatic heterocycles. The van der Waals surface area contributed by atoms with E-state index in [4.69, 9.17) is 4.74 Å². The molecule has 0 spiro atoms. The van der Waals surface area contributed by atoms with Crippen LogP contribution in [0.3, 0.4) is 0 Å². The van der Waals surface area contributed by atoms with E-state index in [-0.39, 0.29) is 24.7 Å². The van der Waals surface area contributed by atoms with Gasteiger partial charge in [0, 0.05) is 24.6 Å². The first-order chi connectivity index (χ1) is 17.3. The average molecular weight is 497 g/mol. The number of aryl methyl sites for hydroxylation is 2. The third-order valence-electron chi connectivity index (χ3n) is 6.34. The Bertz CT molecular complexity index is 1030. The topological polar surface area (TPSA) is 130 Å². The molecule has 2 unspecified atom stereocenters. The first kappa shape index (κ1) is 27.1. The van der Waals surface area contributed by atoms with Crippen LogP contribution in [-0.4, -0.2) is 46.4 Å². The van der Waals surface area contributed by atoms with E-state index in [0.717, 1.165) is 23.2 Å². The molecule has 0 radical (unpaired) electrons. The molecular formula is C27H36N4O5. The number of aromatic amines is 1. The number of fused-ring (bicyclic) bond motifs is 1. The minimum absolute atomic E-state index is 0.0898. The first-order valence-corrected chi connectivity index (χ1v) is 12.7. The summed E-state index contributed by atoms with van der Waals surface area (Å²) in [6, 6.07) is 8.47. The number of hydrogen-bond donors (Lipinski definition) is 3. The Morgan fingerprint density at radius 1 is 1.14 bits per heavy atom. The summed E-state index contributed by atoms with van der Waals surface area (Å²) in [6.07, 6.45) is 4.59. The SMILES string of the molecule is CC(C)CC(NC(=O)OCc1ccccc1)C(=O)CC1CCCc2cn[nH]c2CCCNC(=O)C1=O. The number of hydrogen-bond acceptors (Lipinski definition) is 6. The summed E-state index contributed by atoms with van der Waals surface area (Å²) in [4.78, 5) is 51.1. The Kier molecular flexibility index (Phi) is 10.2. The van der Waals surface area contributed by atoms with Gasteiger partial charge < -0.3 is 15.4 Å². The Hall–Kier alpha value is -3.49. The molecule has 2 heterocycles. The number of aromatic nitrogens is 2. The van der Waals surface area contributed by atoms with Crippen molar-refractivity contribution < 1.29 is 23.9 Å². The van der Waals surface area contributed by atoms with Gasteiger partial charge in [-0.25, -0.2) is 4.79 Å². The maximum atomic E-state index is 13.3. The molecule has 1 aliphatic rings. The van der Waals surface area contributed by atoms with Crippen LogP contribution in [0.5, 0.6) is 0 Å². The summed E-state index contributed by atoms with van der Waals surface area (Å²) >= 11 is 0. The lowest BCUT2D eigenvalue weighted by Gasteiger charge is -2.22. The van der Waals surface area contributed by atoms with Gasteiger partial charge in [0.2, 0.25) is 5.78 Å². The Morgan fingerprint density at radius 3 is 2.67 bits per heavy atom. The van der Waals surface area contributed by atoms with Crippen molar-refractivity contribution in [1.82, 2.24) is 20.8 Å². The highest BCUT2D eigenvalue weighted by atomic mass is 16.5. The number of nitrogens with one attached hydrogen (secondary N) is 3. The minimum atomic E-state index is -0.800. The van der Waals surface area contributed by atoms with Crippen LogP contribution >= 0.6 is 0 Å². The van der Waals surface area contributed by atoms with Gasteiger partial charge in [-0.1, -0.05) is 44.2 Å². The molecule has 194 valence electrons. The number of ketones is 2. The molecule has 2 amide bonds. The van der Waals surface area contributed by atoms with Crippen LogP contribution in [0.2, 0.25) is 0 Å². The van der Waals surface area contributed by atoms with E-state index >= 15 is 0 Å². The van der Waals surface area contributed by atoms with Gasteiger partial charge in [-0.2, -0.15) is 5.10 Å². The zero-order valence-electron chi connectivity index (χ0n) is 21.0. The number of H-pyrrole nitrogens is 1. The molecule has 3 N–H and O–H groups in total. The van der Waals surface area contributed by atoms with Crippen molar-refractivity contribution in [2.24, 2.45) is 11.8 Å². The van der Waals surface area contributed by atoms with Crippen molar-refractivity contribution in [3.63, 3.8) is 0 Å². The number of Topliss-reactive ketones (excluding diaryl/α,β-unsaturated/α-hetero) is 2. The second kappa shape index (κ2) is 13.6. The number of nitrogens with zero attached hydrogens (tertiary/aromatic N) is 1. The van der Waals surface area contributed by atoms with Gasteiger partial charge in [-0.05, 0) is 55.6 Å². The van der Waals surface area contributed by atoms with E-state index in [1.165, 1.54) is 0 Å². The quantitative estimate of drug-likeness (QED) is 0.481. The number of amides is 2. The van der Waals surface area contributed by atoms with Gasteiger partial charge in [-0.3, -0.25) is 19.5 Å². The molecule has 9 heteroatoms. The summed E-state index contributed by atoms with van der Waals surface area (Å²) in [7, 11) is 0. The van der Waals surface area contributed by atoms with Crippen molar-refractivity contribution in [3.8, 4) is 0 Å². The lowest BCUT2D eigenvalue weighted by atomic mass is 9.87. The van der Waals surface area contributed by atoms with Gasteiger partial charge in [0.05, 0.1) is 12.2 Å².